The molecule has 1 saturated heterocycles. The van der Waals surface area contributed by atoms with Crippen LogP contribution in [0.1, 0.15) is 24.8 Å². The normalized spacial score (nSPS) is 24.0. The van der Waals surface area contributed by atoms with Crippen molar-refractivity contribution in [2.24, 2.45) is 5.92 Å². The fourth-order valence-corrected chi connectivity index (χ4v) is 3.41. The van der Waals surface area contributed by atoms with Crippen LogP contribution in [0.2, 0.25) is 5.02 Å². The molecule has 2 nitrogen and oxygen atoms in total. The van der Waals surface area contributed by atoms with E-state index < -0.39 is 0 Å². The van der Waals surface area contributed by atoms with Crippen molar-refractivity contribution in [1.82, 2.24) is 10.2 Å². The lowest BCUT2D eigenvalue weighted by molar-refractivity contribution is 0.312. The highest BCUT2D eigenvalue weighted by Crippen LogP contribution is 2.31. The molecule has 104 valence electrons. The second kappa shape index (κ2) is 6.13. The molecule has 1 aliphatic carbocycles. The molecule has 1 aromatic rings. The van der Waals surface area contributed by atoms with Crippen LogP contribution in [0.5, 0.6) is 0 Å². The van der Waals surface area contributed by atoms with Gasteiger partial charge >= 0.3 is 0 Å². The summed E-state index contributed by atoms with van der Waals surface area (Å²) in [6.07, 6.45) is 4.21. The Balaban J connectivity index is 1.41. The first-order chi connectivity index (χ1) is 9.22. The van der Waals surface area contributed by atoms with E-state index in [1.165, 1.54) is 37.9 Å². The lowest BCUT2D eigenvalue weighted by Gasteiger charge is -2.15. The van der Waals surface area contributed by atoms with Gasteiger partial charge in [0.05, 0.1) is 5.02 Å². The maximum atomic E-state index is 6.00. The van der Waals surface area contributed by atoms with Crippen LogP contribution in [0.4, 0.5) is 0 Å². The molecule has 19 heavy (non-hydrogen) atoms. The Morgan fingerprint density at radius 2 is 2.16 bits per heavy atom. The van der Waals surface area contributed by atoms with Crippen molar-refractivity contribution >= 4 is 27.5 Å². The molecular formula is C15H20BrClN2. The summed E-state index contributed by atoms with van der Waals surface area (Å²) in [7, 11) is 0. The Morgan fingerprint density at radius 3 is 2.89 bits per heavy atom. The summed E-state index contributed by atoms with van der Waals surface area (Å²) in [4.78, 5) is 2.67. The van der Waals surface area contributed by atoms with Crippen LogP contribution in [0.15, 0.2) is 22.7 Å². The van der Waals surface area contributed by atoms with Crippen molar-refractivity contribution in [3.05, 3.63) is 33.3 Å². The van der Waals surface area contributed by atoms with Crippen molar-refractivity contribution in [3.8, 4) is 0 Å². The Labute approximate surface area is 128 Å². The predicted molar refractivity (Wildman–Crippen MR) is 83.6 cm³/mol. The van der Waals surface area contributed by atoms with E-state index in [-0.39, 0.29) is 0 Å². The summed E-state index contributed by atoms with van der Waals surface area (Å²) in [6, 6.07) is 7.07. The minimum Gasteiger partial charge on any atom is -0.312 e. The quantitative estimate of drug-likeness (QED) is 0.877. The highest BCUT2D eigenvalue weighted by atomic mass is 79.9. The van der Waals surface area contributed by atoms with E-state index >= 15 is 0 Å². The van der Waals surface area contributed by atoms with E-state index in [1.807, 2.05) is 6.07 Å². The molecule has 0 amide bonds. The van der Waals surface area contributed by atoms with E-state index in [0.29, 0.717) is 0 Å². The summed E-state index contributed by atoms with van der Waals surface area (Å²) in [6.45, 7) is 4.66. The number of nitrogens with one attached hydrogen (secondary N) is 1. The van der Waals surface area contributed by atoms with Crippen LogP contribution in [0.3, 0.4) is 0 Å². The number of rotatable bonds is 5. The number of nitrogens with zero attached hydrogens (tertiary/aromatic N) is 1. The molecule has 2 fully saturated rings. The molecule has 1 atom stereocenters. The molecule has 1 saturated carbocycles. The van der Waals surface area contributed by atoms with Crippen molar-refractivity contribution in [1.29, 1.82) is 0 Å². The van der Waals surface area contributed by atoms with Gasteiger partial charge in [0, 0.05) is 23.6 Å². The van der Waals surface area contributed by atoms with Crippen LogP contribution in [0, 0.1) is 5.92 Å². The first kappa shape index (κ1) is 13.9. The highest BCUT2D eigenvalue weighted by molar-refractivity contribution is 9.10. The highest BCUT2D eigenvalue weighted by Gasteiger charge is 2.33. The fraction of sp³-hybridized carbons (Fsp3) is 0.600. The Bertz CT molecular complexity index is 448. The average molecular weight is 344 g/mol. The summed E-state index contributed by atoms with van der Waals surface area (Å²) >= 11 is 9.47. The fourth-order valence-electron chi connectivity index (χ4n) is 2.87. The molecule has 4 heteroatoms. The molecule has 2 aliphatic rings. The second-order valence-electron chi connectivity index (χ2n) is 5.76. The zero-order valence-corrected chi connectivity index (χ0v) is 13.4. The number of likely N-dealkylation sites (tertiary alicyclic amines) is 1. The number of hydrogen-bond donors (Lipinski definition) is 1. The third-order valence-corrected chi connectivity index (χ3v) is 5.34. The average Bonchev–Trinajstić information content (AvgIpc) is 3.14. The van der Waals surface area contributed by atoms with Gasteiger partial charge in [-0.2, -0.15) is 0 Å². The van der Waals surface area contributed by atoms with E-state index in [2.05, 4.69) is 38.3 Å². The van der Waals surface area contributed by atoms with Gasteiger partial charge in [0.25, 0.3) is 0 Å². The smallest absolute Gasteiger partial charge is 0.0548 e. The molecule has 1 heterocycles. The topological polar surface area (TPSA) is 15.3 Å². The van der Waals surface area contributed by atoms with Crippen molar-refractivity contribution < 1.29 is 0 Å². The van der Waals surface area contributed by atoms with Gasteiger partial charge in [-0.3, -0.25) is 0 Å². The van der Waals surface area contributed by atoms with Gasteiger partial charge in [-0.25, -0.2) is 0 Å². The largest absolute Gasteiger partial charge is 0.312 e. The predicted octanol–water partition coefficient (Wildman–Crippen LogP) is 3.68. The molecule has 1 unspecified atom stereocenters. The van der Waals surface area contributed by atoms with Gasteiger partial charge in [0.15, 0.2) is 0 Å². The van der Waals surface area contributed by atoms with Gasteiger partial charge < -0.3 is 10.2 Å². The number of halogens is 2. The maximum absolute atomic E-state index is 6.00. The van der Waals surface area contributed by atoms with Crippen LogP contribution in [-0.2, 0) is 6.54 Å². The van der Waals surface area contributed by atoms with Gasteiger partial charge in [-0.15, -0.1) is 0 Å². The molecule has 1 N–H and O–H groups in total. The van der Waals surface area contributed by atoms with Crippen molar-refractivity contribution in [2.75, 3.05) is 19.6 Å². The third-order valence-electron chi connectivity index (χ3n) is 4.13. The molecule has 1 aliphatic heterocycles. The zero-order chi connectivity index (χ0) is 13.2. The second-order valence-corrected chi connectivity index (χ2v) is 7.02. The Hall–Kier alpha value is -0.0900. The molecule has 1 aromatic carbocycles. The molecule has 3 rings (SSSR count). The standard InChI is InChI=1S/C15H20BrClN2/c16-14-7-11(1-4-15(14)17)8-18-9-12-5-6-19(10-12)13-2-3-13/h1,4,7,12-13,18H,2-3,5-6,8-10H2. The Morgan fingerprint density at radius 1 is 1.32 bits per heavy atom. The van der Waals surface area contributed by atoms with Gasteiger partial charge in [-0.05, 0) is 71.9 Å². The zero-order valence-electron chi connectivity index (χ0n) is 11.0. The summed E-state index contributed by atoms with van der Waals surface area (Å²) < 4.78 is 0.981. The van der Waals surface area contributed by atoms with Crippen LogP contribution < -0.4 is 5.32 Å². The van der Waals surface area contributed by atoms with Crippen molar-refractivity contribution in [3.63, 3.8) is 0 Å². The lowest BCUT2D eigenvalue weighted by atomic mass is 10.1. The van der Waals surface area contributed by atoms with Crippen molar-refractivity contribution in [2.45, 2.75) is 31.8 Å². The van der Waals surface area contributed by atoms with E-state index in [9.17, 15) is 0 Å². The van der Waals surface area contributed by atoms with Gasteiger partial charge in [0.2, 0.25) is 0 Å². The molecule has 0 aromatic heterocycles. The van der Waals surface area contributed by atoms with Gasteiger partial charge in [0.1, 0.15) is 0 Å². The van der Waals surface area contributed by atoms with Crippen LogP contribution in [-0.4, -0.2) is 30.6 Å². The van der Waals surface area contributed by atoms with E-state index in [0.717, 1.165) is 34.5 Å². The number of benzene rings is 1. The maximum Gasteiger partial charge on any atom is 0.0548 e. The Kier molecular flexibility index (Phi) is 4.47. The van der Waals surface area contributed by atoms with Crippen LogP contribution in [0.25, 0.3) is 0 Å². The molecule has 0 spiro atoms. The molecular weight excluding hydrogens is 324 g/mol. The van der Waals surface area contributed by atoms with Gasteiger partial charge in [-0.1, -0.05) is 17.7 Å². The van der Waals surface area contributed by atoms with Crippen LogP contribution >= 0.6 is 27.5 Å². The molecule has 0 radical (unpaired) electrons. The minimum atomic E-state index is 0.777. The van der Waals surface area contributed by atoms with E-state index in [4.69, 9.17) is 11.6 Å². The number of hydrogen-bond acceptors (Lipinski definition) is 2. The monoisotopic (exact) mass is 342 g/mol. The van der Waals surface area contributed by atoms with E-state index in [1.54, 1.807) is 0 Å². The summed E-state index contributed by atoms with van der Waals surface area (Å²) in [5.74, 6) is 0.830. The first-order valence-corrected chi connectivity index (χ1v) is 8.28. The minimum absolute atomic E-state index is 0.777. The third kappa shape index (κ3) is 3.72. The lowest BCUT2D eigenvalue weighted by Crippen LogP contribution is -2.27. The summed E-state index contributed by atoms with van der Waals surface area (Å²) in [5.41, 5.74) is 1.29. The SMILES string of the molecule is Clc1ccc(CNCC2CCN(C3CC3)C2)cc1Br. The summed E-state index contributed by atoms with van der Waals surface area (Å²) in [5, 5.41) is 4.36. The first-order valence-electron chi connectivity index (χ1n) is 7.11. The molecule has 0 bridgehead atoms.